The van der Waals surface area contributed by atoms with Gasteiger partial charge in [0.05, 0.1) is 0 Å². The van der Waals surface area contributed by atoms with Gasteiger partial charge in [0.2, 0.25) is 5.91 Å². The Morgan fingerprint density at radius 2 is 2.00 bits per heavy atom. The number of nitrogens with two attached hydrogens (primary N) is 1. The minimum absolute atomic E-state index is 0.242. The van der Waals surface area contributed by atoms with Crippen LogP contribution < -0.4 is 11.2 Å². The van der Waals surface area contributed by atoms with Crippen LogP contribution in [0.15, 0.2) is 17.1 Å². The molecule has 102 valence electrons. The summed E-state index contributed by atoms with van der Waals surface area (Å²) in [5, 5.41) is 8.67. The number of amides is 2. The smallest absolute Gasteiger partial charge is 0.323 e. The number of carbonyl (C=O) groups is 3. The van der Waals surface area contributed by atoms with E-state index in [1.54, 1.807) is 6.92 Å². The van der Waals surface area contributed by atoms with E-state index in [0.29, 0.717) is 10.6 Å². The number of H-pyrrole nitrogens is 1. The van der Waals surface area contributed by atoms with E-state index in [-0.39, 0.29) is 5.56 Å². The fraction of sp³-hybridized carbons (Fsp3) is 0.273. The first-order valence-corrected chi connectivity index (χ1v) is 5.30. The summed E-state index contributed by atoms with van der Waals surface area (Å²) in [7, 11) is 0. The van der Waals surface area contributed by atoms with Gasteiger partial charge in [-0.25, -0.2) is 0 Å². The molecule has 0 unspecified atom stereocenters. The average molecular weight is 267 g/mol. The molecule has 1 aromatic rings. The zero-order chi connectivity index (χ0) is 14.6. The number of aromatic amines is 1. The summed E-state index contributed by atoms with van der Waals surface area (Å²) >= 11 is 0. The zero-order valence-electron chi connectivity index (χ0n) is 10.2. The summed E-state index contributed by atoms with van der Waals surface area (Å²) in [6, 6.07) is 1.20. The third-order valence-electron chi connectivity index (χ3n) is 2.25. The first-order chi connectivity index (χ1) is 8.81. The summed E-state index contributed by atoms with van der Waals surface area (Å²) in [6.45, 7) is 0.349. The van der Waals surface area contributed by atoms with Crippen molar-refractivity contribution in [3.8, 4) is 0 Å². The summed E-state index contributed by atoms with van der Waals surface area (Å²) < 4.78 is 0. The highest BCUT2D eigenvalue weighted by molar-refractivity contribution is 5.97. The Morgan fingerprint density at radius 1 is 1.37 bits per heavy atom. The third-order valence-corrected chi connectivity index (χ3v) is 2.25. The summed E-state index contributed by atoms with van der Waals surface area (Å²) in [5.41, 5.74) is 4.70. The number of carbonyl (C=O) groups excluding carboxylic acids is 2. The number of rotatable bonds is 5. The van der Waals surface area contributed by atoms with Crippen LogP contribution >= 0.6 is 0 Å². The van der Waals surface area contributed by atoms with Crippen molar-refractivity contribution < 1.29 is 19.5 Å². The van der Waals surface area contributed by atoms with Crippen LogP contribution in [0.5, 0.6) is 0 Å². The van der Waals surface area contributed by atoms with Crippen LogP contribution in [0.4, 0.5) is 0 Å². The van der Waals surface area contributed by atoms with Crippen molar-refractivity contribution in [3.63, 3.8) is 0 Å². The van der Waals surface area contributed by atoms with Crippen molar-refractivity contribution in [2.75, 3.05) is 13.1 Å². The van der Waals surface area contributed by atoms with E-state index >= 15 is 0 Å². The first-order valence-electron chi connectivity index (χ1n) is 5.30. The van der Waals surface area contributed by atoms with E-state index < -0.39 is 36.3 Å². The zero-order valence-corrected chi connectivity index (χ0v) is 10.2. The Hall–Kier alpha value is -2.64. The van der Waals surface area contributed by atoms with Crippen LogP contribution in [-0.4, -0.2) is 45.9 Å². The molecule has 0 aliphatic carbocycles. The van der Waals surface area contributed by atoms with Gasteiger partial charge in [0.25, 0.3) is 5.91 Å². The van der Waals surface area contributed by atoms with Crippen molar-refractivity contribution in [2.45, 2.75) is 6.92 Å². The number of primary amides is 1. The van der Waals surface area contributed by atoms with Crippen LogP contribution in [0, 0.1) is 6.92 Å². The highest BCUT2D eigenvalue weighted by Crippen LogP contribution is 2.00. The number of aliphatic carboxylic acids is 1. The molecule has 0 bridgehead atoms. The molecule has 4 N–H and O–H groups in total. The molecule has 8 heteroatoms. The number of hydrogen-bond donors (Lipinski definition) is 3. The SMILES string of the molecule is Cc1cc(=O)c(C(=O)N(CC(N)=O)CC(=O)O)c[nH]1. The van der Waals surface area contributed by atoms with Gasteiger partial charge in [-0.05, 0) is 6.92 Å². The van der Waals surface area contributed by atoms with Crippen LogP contribution in [0.25, 0.3) is 0 Å². The predicted octanol–water partition coefficient (Wildman–Crippen LogP) is -1.30. The number of pyridine rings is 1. The number of nitrogens with zero attached hydrogens (tertiary/aromatic N) is 1. The quantitative estimate of drug-likeness (QED) is 0.609. The van der Waals surface area contributed by atoms with Crippen molar-refractivity contribution in [2.24, 2.45) is 5.73 Å². The third kappa shape index (κ3) is 3.95. The molecule has 1 rings (SSSR count). The van der Waals surface area contributed by atoms with E-state index in [9.17, 15) is 19.2 Å². The summed E-state index contributed by atoms with van der Waals surface area (Å²) in [5.74, 6) is -3.03. The molecule has 19 heavy (non-hydrogen) atoms. The van der Waals surface area contributed by atoms with Crippen LogP contribution in [0.3, 0.4) is 0 Å². The second kappa shape index (κ2) is 5.80. The van der Waals surface area contributed by atoms with E-state index in [4.69, 9.17) is 10.8 Å². The molecule has 0 radical (unpaired) electrons. The van der Waals surface area contributed by atoms with Gasteiger partial charge >= 0.3 is 5.97 Å². The molecular formula is C11H13N3O5. The Morgan fingerprint density at radius 3 is 2.47 bits per heavy atom. The predicted molar refractivity (Wildman–Crippen MR) is 64.5 cm³/mol. The van der Waals surface area contributed by atoms with E-state index in [2.05, 4.69) is 4.98 Å². The monoisotopic (exact) mass is 267 g/mol. The Labute approximate surface area is 107 Å². The van der Waals surface area contributed by atoms with E-state index in [1.165, 1.54) is 12.3 Å². The maximum Gasteiger partial charge on any atom is 0.323 e. The van der Waals surface area contributed by atoms with Crippen LogP contribution in [0.2, 0.25) is 0 Å². The molecular weight excluding hydrogens is 254 g/mol. The van der Waals surface area contributed by atoms with Crippen molar-refractivity contribution in [1.29, 1.82) is 0 Å². The lowest BCUT2D eigenvalue weighted by molar-refractivity contribution is -0.138. The molecule has 0 saturated carbocycles. The van der Waals surface area contributed by atoms with Gasteiger partial charge in [-0.2, -0.15) is 0 Å². The molecule has 8 nitrogen and oxygen atoms in total. The normalized spacial score (nSPS) is 9.95. The van der Waals surface area contributed by atoms with Crippen molar-refractivity contribution in [3.05, 3.63) is 33.7 Å². The highest BCUT2D eigenvalue weighted by Gasteiger charge is 2.22. The van der Waals surface area contributed by atoms with Gasteiger partial charge in [-0.15, -0.1) is 0 Å². The molecule has 0 aliphatic heterocycles. The number of aromatic nitrogens is 1. The van der Waals surface area contributed by atoms with Crippen molar-refractivity contribution in [1.82, 2.24) is 9.88 Å². The van der Waals surface area contributed by atoms with Gasteiger partial charge in [0.1, 0.15) is 18.7 Å². The van der Waals surface area contributed by atoms with Gasteiger partial charge in [0.15, 0.2) is 5.43 Å². The lowest BCUT2D eigenvalue weighted by Crippen LogP contribution is -2.43. The Kier molecular flexibility index (Phi) is 4.41. The minimum Gasteiger partial charge on any atom is -0.480 e. The van der Waals surface area contributed by atoms with Crippen LogP contribution in [0.1, 0.15) is 16.1 Å². The van der Waals surface area contributed by atoms with Crippen molar-refractivity contribution >= 4 is 17.8 Å². The first kappa shape index (κ1) is 14.4. The molecule has 0 spiro atoms. The molecule has 0 atom stereocenters. The minimum atomic E-state index is -1.31. The topological polar surface area (TPSA) is 134 Å². The Balaban J connectivity index is 3.07. The van der Waals surface area contributed by atoms with Crippen LogP contribution in [-0.2, 0) is 9.59 Å². The lowest BCUT2D eigenvalue weighted by Gasteiger charge is -2.18. The average Bonchev–Trinajstić information content (AvgIpc) is 2.26. The molecule has 0 saturated heterocycles. The molecule has 2 amide bonds. The second-order valence-electron chi connectivity index (χ2n) is 3.92. The number of carboxylic acid groups (broad SMARTS) is 1. The molecule has 0 fully saturated rings. The maximum atomic E-state index is 12.0. The fourth-order valence-corrected chi connectivity index (χ4v) is 1.46. The summed E-state index contributed by atoms with van der Waals surface area (Å²) in [6.07, 6.45) is 1.18. The Bertz CT molecular complexity index is 562. The number of aryl methyl sites for hydroxylation is 1. The molecule has 1 heterocycles. The lowest BCUT2D eigenvalue weighted by atomic mass is 10.2. The molecule has 0 aromatic carbocycles. The van der Waals surface area contributed by atoms with E-state index in [0.717, 1.165) is 0 Å². The van der Waals surface area contributed by atoms with E-state index in [1.807, 2.05) is 0 Å². The fourth-order valence-electron chi connectivity index (χ4n) is 1.46. The van der Waals surface area contributed by atoms with Gasteiger partial charge in [0, 0.05) is 18.0 Å². The number of nitrogens with one attached hydrogen (secondary N) is 1. The molecule has 0 aliphatic rings. The maximum absolute atomic E-state index is 12.0. The highest BCUT2D eigenvalue weighted by atomic mass is 16.4. The van der Waals surface area contributed by atoms with Gasteiger partial charge in [-0.3, -0.25) is 19.2 Å². The second-order valence-corrected chi connectivity index (χ2v) is 3.92. The number of hydrogen-bond acceptors (Lipinski definition) is 4. The molecule has 1 aromatic heterocycles. The van der Waals surface area contributed by atoms with Gasteiger partial charge < -0.3 is 20.7 Å². The standard InChI is InChI=1S/C11H13N3O5/c1-6-2-8(15)7(3-13-6)11(19)14(4-9(12)16)5-10(17)18/h2-3H,4-5H2,1H3,(H2,12,16)(H,13,15)(H,17,18). The summed E-state index contributed by atoms with van der Waals surface area (Å²) in [4.78, 5) is 48.4. The largest absolute Gasteiger partial charge is 0.480 e. The number of carboxylic acids is 1. The van der Waals surface area contributed by atoms with Gasteiger partial charge in [-0.1, -0.05) is 0 Å².